The summed E-state index contributed by atoms with van der Waals surface area (Å²) >= 11 is 1.77. The van der Waals surface area contributed by atoms with Crippen molar-refractivity contribution < 1.29 is 8.42 Å². The van der Waals surface area contributed by atoms with Crippen molar-refractivity contribution in [2.75, 3.05) is 37.9 Å². The Labute approximate surface area is 128 Å². The molecule has 1 aliphatic heterocycles. The second-order valence-corrected chi connectivity index (χ2v) is 9.50. The predicted molar refractivity (Wildman–Crippen MR) is 87.0 cm³/mol. The first-order valence-electron chi connectivity index (χ1n) is 7.70. The van der Waals surface area contributed by atoms with Gasteiger partial charge in [0.15, 0.2) is 9.84 Å². The standard InChI is InChI=1S/C14H28N2O2S2/c1-15-13-7-5-3-4-6-12(13)10-16-8-9-19-11-14(16)20(2,17)18/h12-15H,3-11H2,1-2H3. The van der Waals surface area contributed by atoms with Gasteiger partial charge in [-0.25, -0.2) is 8.42 Å². The second kappa shape index (κ2) is 7.47. The molecule has 0 aromatic rings. The average molecular weight is 321 g/mol. The normalized spacial score (nSPS) is 33.8. The molecule has 0 radical (unpaired) electrons. The highest BCUT2D eigenvalue weighted by molar-refractivity contribution is 8.00. The lowest BCUT2D eigenvalue weighted by Crippen LogP contribution is -2.51. The molecule has 0 spiro atoms. The molecule has 20 heavy (non-hydrogen) atoms. The van der Waals surface area contributed by atoms with Crippen molar-refractivity contribution in [2.45, 2.75) is 43.5 Å². The van der Waals surface area contributed by atoms with E-state index >= 15 is 0 Å². The Bertz CT molecular complexity index is 400. The zero-order valence-corrected chi connectivity index (χ0v) is 14.3. The van der Waals surface area contributed by atoms with Crippen LogP contribution in [0.4, 0.5) is 0 Å². The van der Waals surface area contributed by atoms with Crippen LogP contribution in [0.15, 0.2) is 0 Å². The molecule has 2 rings (SSSR count). The van der Waals surface area contributed by atoms with Crippen molar-refractivity contribution in [3.8, 4) is 0 Å². The van der Waals surface area contributed by atoms with Gasteiger partial charge >= 0.3 is 0 Å². The molecule has 4 nitrogen and oxygen atoms in total. The number of hydrogen-bond acceptors (Lipinski definition) is 5. The Morgan fingerprint density at radius 3 is 2.70 bits per heavy atom. The van der Waals surface area contributed by atoms with Crippen LogP contribution in [0.1, 0.15) is 32.1 Å². The molecule has 0 bridgehead atoms. The molecule has 0 aromatic heterocycles. The molecule has 0 amide bonds. The van der Waals surface area contributed by atoms with E-state index in [1.165, 1.54) is 38.4 Å². The molecule has 1 aliphatic carbocycles. The van der Waals surface area contributed by atoms with E-state index in [1.807, 2.05) is 7.05 Å². The van der Waals surface area contributed by atoms with Crippen LogP contribution in [0.3, 0.4) is 0 Å². The molecule has 1 heterocycles. The summed E-state index contributed by atoms with van der Waals surface area (Å²) in [5.41, 5.74) is 0. The molecule has 3 unspecified atom stereocenters. The van der Waals surface area contributed by atoms with Gasteiger partial charge in [-0.05, 0) is 25.8 Å². The van der Waals surface area contributed by atoms with E-state index in [-0.39, 0.29) is 5.37 Å². The van der Waals surface area contributed by atoms with Crippen molar-refractivity contribution in [1.29, 1.82) is 0 Å². The summed E-state index contributed by atoms with van der Waals surface area (Å²) in [7, 11) is -0.930. The zero-order chi connectivity index (χ0) is 14.6. The highest BCUT2D eigenvalue weighted by atomic mass is 32.2. The minimum atomic E-state index is -2.97. The summed E-state index contributed by atoms with van der Waals surface area (Å²) < 4.78 is 24.0. The minimum Gasteiger partial charge on any atom is -0.317 e. The molecule has 3 atom stereocenters. The number of rotatable bonds is 4. The van der Waals surface area contributed by atoms with Gasteiger partial charge in [-0.15, -0.1) is 0 Å². The molecule has 0 aromatic carbocycles. The maximum absolute atomic E-state index is 12.0. The van der Waals surface area contributed by atoms with Crippen molar-refractivity contribution in [3.05, 3.63) is 0 Å². The van der Waals surface area contributed by atoms with Gasteiger partial charge in [0.25, 0.3) is 0 Å². The first-order valence-corrected chi connectivity index (χ1v) is 10.8. The van der Waals surface area contributed by atoms with Crippen LogP contribution in [0, 0.1) is 5.92 Å². The van der Waals surface area contributed by atoms with E-state index in [2.05, 4.69) is 10.2 Å². The largest absolute Gasteiger partial charge is 0.317 e. The third-order valence-corrected chi connectivity index (χ3v) is 7.37. The minimum absolute atomic E-state index is 0.276. The molecule has 2 fully saturated rings. The highest BCUT2D eigenvalue weighted by Gasteiger charge is 2.34. The lowest BCUT2D eigenvalue weighted by molar-refractivity contribution is 0.194. The zero-order valence-electron chi connectivity index (χ0n) is 12.7. The first-order chi connectivity index (χ1) is 9.52. The number of nitrogens with zero attached hydrogens (tertiary/aromatic N) is 1. The summed E-state index contributed by atoms with van der Waals surface area (Å²) in [4.78, 5) is 2.23. The Morgan fingerprint density at radius 1 is 1.25 bits per heavy atom. The van der Waals surface area contributed by atoms with E-state index in [9.17, 15) is 8.42 Å². The maximum Gasteiger partial charge on any atom is 0.164 e. The summed E-state index contributed by atoms with van der Waals surface area (Å²) in [6.07, 6.45) is 7.75. The average Bonchev–Trinajstić information content (AvgIpc) is 2.63. The summed E-state index contributed by atoms with van der Waals surface area (Å²) in [5.74, 6) is 2.38. The number of nitrogens with one attached hydrogen (secondary N) is 1. The molecule has 6 heteroatoms. The summed E-state index contributed by atoms with van der Waals surface area (Å²) in [5, 5.41) is 3.18. The van der Waals surface area contributed by atoms with Crippen LogP contribution in [-0.2, 0) is 9.84 Å². The Hall–Kier alpha value is 0.220. The number of hydrogen-bond donors (Lipinski definition) is 1. The van der Waals surface area contributed by atoms with Crippen molar-refractivity contribution in [2.24, 2.45) is 5.92 Å². The molecule has 1 N–H and O–H groups in total. The topological polar surface area (TPSA) is 49.4 Å². The fourth-order valence-electron chi connectivity index (χ4n) is 3.50. The van der Waals surface area contributed by atoms with Gasteiger partial charge in [0.05, 0.1) is 0 Å². The molecular weight excluding hydrogens is 292 g/mol. The maximum atomic E-state index is 12.0. The highest BCUT2D eigenvalue weighted by Crippen LogP contribution is 2.27. The van der Waals surface area contributed by atoms with Gasteiger partial charge in [0.2, 0.25) is 0 Å². The monoisotopic (exact) mass is 320 g/mol. The van der Waals surface area contributed by atoms with Gasteiger partial charge in [-0.1, -0.05) is 19.3 Å². The van der Waals surface area contributed by atoms with Gasteiger partial charge in [-0.3, -0.25) is 4.90 Å². The second-order valence-electron chi connectivity index (χ2n) is 6.15. The van der Waals surface area contributed by atoms with Gasteiger partial charge in [0, 0.05) is 36.9 Å². The molecular formula is C14H28N2O2S2. The van der Waals surface area contributed by atoms with Crippen LogP contribution >= 0.6 is 11.8 Å². The Balaban J connectivity index is 2.04. The first kappa shape index (κ1) is 16.6. The van der Waals surface area contributed by atoms with Crippen LogP contribution in [-0.4, -0.2) is 62.6 Å². The molecule has 2 aliphatic rings. The Kier molecular flexibility index (Phi) is 6.20. The van der Waals surface area contributed by atoms with Crippen molar-refractivity contribution in [3.63, 3.8) is 0 Å². The smallest absolute Gasteiger partial charge is 0.164 e. The molecule has 1 saturated heterocycles. The fraction of sp³-hybridized carbons (Fsp3) is 1.00. The van der Waals surface area contributed by atoms with Gasteiger partial charge in [-0.2, -0.15) is 11.8 Å². The SMILES string of the molecule is CNC1CCCCCC1CN1CCSCC1S(C)(=O)=O. The predicted octanol–water partition coefficient (Wildman–Crippen LogP) is 1.57. The van der Waals surface area contributed by atoms with E-state index < -0.39 is 9.84 Å². The van der Waals surface area contributed by atoms with E-state index in [1.54, 1.807) is 11.8 Å². The van der Waals surface area contributed by atoms with Crippen LogP contribution in [0.2, 0.25) is 0 Å². The van der Waals surface area contributed by atoms with Gasteiger partial charge in [0.1, 0.15) is 5.37 Å². The van der Waals surface area contributed by atoms with E-state index in [4.69, 9.17) is 0 Å². The molecule has 1 saturated carbocycles. The Morgan fingerprint density at radius 2 is 2.00 bits per heavy atom. The third kappa shape index (κ3) is 4.36. The number of thioether (sulfide) groups is 1. The van der Waals surface area contributed by atoms with Gasteiger partial charge < -0.3 is 5.32 Å². The fourth-order valence-corrected chi connectivity index (χ4v) is 6.46. The van der Waals surface area contributed by atoms with Crippen LogP contribution in [0.5, 0.6) is 0 Å². The van der Waals surface area contributed by atoms with Crippen molar-refractivity contribution >= 4 is 21.6 Å². The van der Waals surface area contributed by atoms with Crippen LogP contribution in [0.25, 0.3) is 0 Å². The summed E-state index contributed by atoms with van der Waals surface area (Å²) in [6.45, 7) is 1.85. The summed E-state index contributed by atoms with van der Waals surface area (Å²) in [6, 6.07) is 0.548. The van der Waals surface area contributed by atoms with Crippen molar-refractivity contribution in [1.82, 2.24) is 10.2 Å². The third-order valence-electron chi connectivity index (χ3n) is 4.68. The number of sulfone groups is 1. The molecule has 118 valence electrons. The van der Waals surface area contributed by atoms with E-state index in [0.29, 0.717) is 12.0 Å². The quantitative estimate of drug-likeness (QED) is 0.797. The van der Waals surface area contributed by atoms with Crippen LogP contribution < -0.4 is 5.32 Å². The van der Waals surface area contributed by atoms with E-state index in [0.717, 1.165) is 24.6 Å². The lowest BCUT2D eigenvalue weighted by Gasteiger charge is -2.38. The lowest BCUT2D eigenvalue weighted by atomic mass is 9.94.